The third kappa shape index (κ3) is 4.13. The van der Waals surface area contributed by atoms with Crippen molar-refractivity contribution in [1.29, 1.82) is 5.41 Å². The van der Waals surface area contributed by atoms with Crippen LogP contribution in [0, 0.1) is 5.41 Å². The van der Waals surface area contributed by atoms with Gasteiger partial charge in [-0.25, -0.2) is 4.68 Å². The fraction of sp³-hybridized carbons (Fsp3) is 0.588. The summed E-state index contributed by atoms with van der Waals surface area (Å²) in [4.78, 5) is 3.13. The van der Waals surface area contributed by atoms with E-state index in [2.05, 4.69) is 33.8 Å². The number of piperidine rings is 1. The molecular weight excluding hydrogens is 306 g/mol. The SMILES string of the molecule is CNn1c(=N)sc2cc(CNCCCN3CCCCC3)ccc21. The summed E-state index contributed by atoms with van der Waals surface area (Å²) in [5.74, 6) is 0. The van der Waals surface area contributed by atoms with Gasteiger partial charge >= 0.3 is 0 Å². The van der Waals surface area contributed by atoms with Gasteiger partial charge in [0.05, 0.1) is 10.2 Å². The monoisotopic (exact) mass is 333 g/mol. The van der Waals surface area contributed by atoms with Gasteiger partial charge in [-0.2, -0.15) is 0 Å². The largest absolute Gasteiger partial charge is 0.326 e. The summed E-state index contributed by atoms with van der Waals surface area (Å²) >= 11 is 1.51. The Labute approximate surface area is 141 Å². The summed E-state index contributed by atoms with van der Waals surface area (Å²) in [6.45, 7) is 5.77. The van der Waals surface area contributed by atoms with Gasteiger partial charge < -0.3 is 15.6 Å². The standard InChI is InChI=1S/C17H27N5S/c1-19-22-15-7-6-14(12-16(15)23-17(22)18)13-20-8-5-11-21-9-3-2-4-10-21/h6-7,12,18-20H,2-5,8-11,13H2,1H3. The molecule has 1 aliphatic rings. The molecule has 0 spiro atoms. The lowest BCUT2D eigenvalue weighted by atomic mass is 10.1. The molecule has 2 heterocycles. The molecule has 5 nitrogen and oxygen atoms in total. The van der Waals surface area contributed by atoms with Gasteiger partial charge in [0.2, 0.25) is 4.80 Å². The number of hydrogen-bond donors (Lipinski definition) is 3. The van der Waals surface area contributed by atoms with E-state index in [1.54, 1.807) is 0 Å². The topological polar surface area (TPSA) is 56.1 Å². The van der Waals surface area contributed by atoms with E-state index in [1.807, 2.05) is 11.7 Å². The van der Waals surface area contributed by atoms with Crippen molar-refractivity contribution < 1.29 is 0 Å². The van der Waals surface area contributed by atoms with Crippen molar-refractivity contribution in [2.45, 2.75) is 32.2 Å². The molecule has 3 N–H and O–H groups in total. The van der Waals surface area contributed by atoms with E-state index in [-0.39, 0.29) is 0 Å². The minimum atomic E-state index is 0.536. The highest BCUT2D eigenvalue weighted by atomic mass is 32.1. The number of likely N-dealkylation sites (tertiary alicyclic amines) is 1. The van der Waals surface area contributed by atoms with E-state index in [0.717, 1.165) is 23.3 Å². The molecule has 23 heavy (non-hydrogen) atoms. The smallest absolute Gasteiger partial charge is 0.201 e. The second kappa shape index (κ2) is 7.95. The molecule has 1 aliphatic heterocycles. The Hall–Kier alpha value is -1.37. The molecule has 0 saturated carbocycles. The number of benzene rings is 1. The van der Waals surface area contributed by atoms with Crippen molar-refractivity contribution in [3.8, 4) is 0 Å². The van der Waals surface area contributed by atoms with E-state index < -0.39 is 0 Å². The second-order valence-corrected chi connectivity index (χ2v) is 7.23. The summed E-state index contributed by atoms with van der Waals surface area (Å²) < 4.78 is 2.98. The maximum Gasteiger partial charge on any atom is 0.201 e. The van der Waals surface area contributed by atoms with Gasteiger partial charge in [-0.15, -0.1) is 0 Å². The van der Waals surface area contributed by atoms with Gasteiger partial charge in [-0.05, 0) is 63.1 Å². The summed E-state index contributed by atoms with van der Waals surface area (Å²) in [6.07, 6.45) is 5.38. The summed E-state index contributed by atoms with van der Waals surface area (Å²) in [5.41, 5.74) is 5.42. The second-order valence-electron chi connectivity index (χ2n) is 6.20. The molecule has 6 heteroatoms. The first-order valence-electron chi connectivity index (χ1n) is 8.58. The van der Waals surface area contributed by atoms with Crippen LogP contribution in [0.25, 0.3) is 10.2 Å². The first kappa shape index (κ1) is 16.5. The number of thiazole rings is 1. The van der Waals surface area contributed by atoms with Gasteiger partial charge in [-0.1, -0.05) is 23.8 Å². The first-order chi connectivity index (χ1) is 11.3. The van der Waals surface area contributed by atoms with Crippen molar-refractivity contribution >= 4 is 21.6 Å². The molecule has 1 aromatic heterocycles. The number of fused-ring (bicyclic) bond motifs is 1. The first-order valence-corrected chi connectivity index (χ1v) is 9.39. The van der Waals surface area contributed by atoms with Crippen molar-refractivity contribution in [1.82, 2.24) is 14.9 Å². The number of rotatable bonds is 7. The summed E-state index contributed by atoms with van der Waals surface area (Å²) in [7, 11) is 1.85. The Balaban J connectivity index is 1.46. The molecule has 1 fully saturated rings. The molecular formula is C17H27N5S. The van der Waals surface area contributed by atoms with Crippen LogP contribution in [0.1, 0.15) is 31.2 Å². The molecule has 1 aromatic carbocycles. The van der Waals surface area contributed by atoms with E-state index in [0.29, 0.717) is 4.80 Å². The third-order valence-corrected chi connectivity index (χ3v) is 5.43. The molecule has 126 valence electrons. The number of hydrogen-bond acceptors (Lipinski definition) is 5. The van der Waals surface area contributed by atoms with Gasteiger partial charge in [-0.3, -0.25) is 5.41 Å². The van der Waals surface area contributed by atoms with Crippen molar-refractivity contribution in [2.24, 2.45) is 0 Å². The van der Waals surface area contributed by atoms with E-state index in [4.69, 9.17) is 5.41 Å². The molecule has 0 aliphatic carbocycles. The fourth-order valence-electron chi connectivity index (χ4n) is 3.26. The predicted molar refractivity (Wildman–Crippen MR) is 97.6 cm³/mol. The van der Waals surface area contributed by atoms with Crippen molar-refractivity contribution in [3.05, 3.63) is 28.6 Å². The van der Waals surface area contributed by atoms with Crippen LogP contribution >= 0.6 is 11.3 Å². The Morgan fingerprint density at radius 2 is 2.04 bits per heavy atom. The highest BCUT2D eigenvalue weighted by Gasteiger charge is 2.09. The lowest BCUT2D eigenvalue weighted by molar-refractivity contribution is 0.225. The number of aromatic nitrogens is 1. The lowest BCUT2D eigenvalue weighted by Crippen LogP contribution is -2.32. The Morgan fingerprint density at radius 1 is 1.22 bits per heavy atom. The van der Waals surface area contributed by atoms with Gasteiger partial charge in [0.1, 0.15) is 0 Å². The summed E-state index contributed by atoms with van der Waals surface area (Å²) in [6, 6.07) is 6.45. The summed E-state index contributed by atoms with van der Waals surface area (Å²) in [5, 5.41) is 11.5. The Bertz CT molecular complexity index is 684. The molecule has 1 saturated heterocycles. The van der Waals surface area contributed by atoms with E-state index >= 15 is 0 Å². The average Bonchev–Trinajstić information content (AvgIpc) is 2.89. The average molecular weight is 334 g/mol. The van der Waals surface area contributed by atoms with Gasteiger partial charge in [0.25, 0.3) is 0 Å². The minimum absolute atomic E-state index is 0.536. The van der Waals surface area contributed by atoms with Crippen LogP contribution in [0.15, 0.2) is 18.2 Å². The zero-order valence-electron chi connectivity index (χ0n) is 13.9. The minimum Gasteiger partial charge on any atom is -0.326 e. The maximum atomic E-state index is 7.96. The van der Waals surface area contributed by atoms with Crippen molar-refractivity contribution in [3.63, 3.8) is 0 Å². The Kier molecular flexibility index (Phi) is 5.70. The van der Waals surface area contributed by atoms with Crippen LogP contribution < -0.4 is 15.5 Å². The van der Waals surface area contributed by atoms with Crippen LogP contribution in [0.2, 0.25) is 0 Å². The predicted octanol–water partition coefficient (Wildman–Crippen LogP) is 2.32. The van der Waals surface area contributed by atoms with Crippen LogP contribution in [0.5, 0.6) is 0 Å². The van der Waals surface area contributed by atoms with Crippen LogP contribution in [0.3, 0.4) is 0 Å². The molecule has 0 bridgehead atoms. The third-order valence-electron chi connectivity index (χ3n) is 4.50. The number of nitrogens with one attached hydrogen (secondary N) is 3. The molecule has 2 aromatic rings. The molecule has 0 unspecified atom stereocenters. The Morgan fingerprint density at radius 3 is 2.83 bits per heavy atom. The molecule has 0 radical (unpaired) electrons. The van der Waals surface area contributed by atoms with Gasteiger partial charge in [0.15, 0.2) is 0 Å². The zero-order chi connectivity index (χ0) is 16.1. The van der Waals surface area contributed by atoms with E-state index in [1.165, 1.54) is 62.2 Å². The van der Waals surface area contributed by atoms with Crippen LogP contribution in [-0.4, -0.2) is 42.8 Å². The molecule has 0 amide bonds. The highest BCUT2D eigenvalue weighted by molar-refractivity contribution is 7.16. The zero-order valence-corrected chi connectivity index (χ0v) is 14.7. The van der Waals surface area contributed by atoms with Crippen LogP contribution in [0.4, 0.5) is 0 Å². The molecule has 3 rings (SSSR count). The normalized spacial score (nSPS) is 16.0. The maximum absolute atomic E-state index is 7.96. The lowest BCUT2D eigenvalue weighted by Gasteiger charge is -2.26. The van der Waals surface area contributed by atoms with E-state index in [9.17, 15) is 0 Å². The van der Waals surface area contributed by atoms with Gasteiger partial charge in [0, 0.05) is 13.6 Å². The van der Waals surface area contributed by atoms with Crippen LogP contribution in [-0.2, 0) is 6.54 Å². The number of nitrogens with zero attached hydrogens (tertiary/aromatic N) is 2. The fourth-order valence-corrected chi connectivity index (χ4v) is 4.22. The quantitative estimate of drug-likeness (QED) is 0.682. The highest BCUT2D eigenvalue weighted by Crippen LogP contribution is 2.18. The molecule has 0 atom stereocenters. The van der Waals surface area contributed by atoms with Crippen molar-refractivity contribution in [2.75, 3.05) is 38.7 Å².